The molecule has 0 radical (unpaired) electrons. The number of hydrogen-bond donors (Lipinski definition) is 1. The number of benzene rings is 1. The average Bonchev–Trinajstić information content (AvgIpc) is 2.57. The number of rotatable bonds is 10. The van der Waals surface area contributed by atoms with E-state index >= 15 is 0 Å². The second-order valence-corrected chi connectivity index (χ2v) is 7.80. The van der Waals surface area contributed by atoms with Crippen LogP contribution in [0.5, 0.6) is 0 Å². The minimum atomic E-state index is -3.84. The Hall–Kier alpha value is -2.19. The predicted molar refractivity (Wildman–Crippen MR) is 97.1 cm³/mol. The monoisotopic (exact) mass is 383 g/mol. The molecule has 1 aromatic carbocycles. The van der Waals surface area contributed by atoms with E-state index in [1.807, 2.05) is 6.92 Å². The van der Waals surface area contributed by atoms with Crippen molar-refractivity contribution in [2.45, 2.75) is 32.1 Å². The van der Waals surface area contributed by atoms with Gasteiger partial charge in [-0.3, -0.25) is 9.59 Å². The molecule has 0 aliphatic heterocycles. The summed E-state index contributed by atoms with van der Waals surface area (Å²) in [5.74, 6) is -2.14. The van der Waals surface area contributed by atoms with Crippen LogP contribution in [0.4, 0.5) is 0 Å². The number of sulfonamides is 1. The Morgan fingerprint density at radius 2 is 1.85 bits per heavy atom. The quantitative estimate of drug-likeness (QED) is 0.491. The van der Waals surface area contributed by atoms with Crippen LogP contribution in [0, 0.1) is 12.8 Å². The van der Waals surface area contributed by atoms with Crippen LogP contribution in [-0.4, -0.2) is 49.5 Å². The molecule has 0 aliphatic carbocycles. The van der Waals surface area contributed by atoms with Gasteiger partial charge in [0.05, 0.1) is 23.8 Å². The van der Waals surface area contributed by atoms with Gasteiger partial charge in [-0.2, -0.15) is 4.31 Å². The fourth-order valence-corrected chi connectivity index (χ4v) is 3.65. The minimum absolute atomic E-state index is 0.0345. The third-order valence-electron chi connectivity index (χ3n) is 3.59. The van der Waals surface area contributed by atoms with Crippen LogP contribution < -0.4 is 0 Å². The lowest BCUT2D eigenvalue weighted by molar-refractivity contribution is -0.147. The molecule has 144 valence electrons. The van der Waals surface area contributed by atoms with Crippen molar-refractivity contribution in [2.24, 2.45) is 5.92 Å². The van der Waals surface area contributed by atoms with Gasteiger partial charge in [0.1, 0.15) is 0 Å². The van der Waals surface area contributed by atoms with Crippen molar-refractivity contribution in [3.63, 3.8) is 0 Å². The first-order valence-corrected chi connectivity index (χ1v) is 9.72. The Morgan fingerprint density at radius 1 is 1.23 bits per heavy atom. The molecule has 0 amide bonds. The van der Waals surface area contributed by atoms with Crippen molar-refractivity contribution in [1.82, 2.24) is 4.31 Å². The van der Waals surface area contributed by atoms with Crippen LogP contribution in [0.2, 0.25) is 0 Å². The van der Waals surface area contributed by atoms with E-state index in [2.05, 4.69) is 0 Å². The minimum Gasteiger partial charge on any atom is -0.481 e. The first-order valence-electron chi connectivity index (χ1n) is 8.28. The third-order valence-corrected chi connectivity index (χ3v) is 5.44. The summed E-state index contributed by atoms with van der Waals surface area (Å²) in [4.78, 5) is 22.6. The molecular weight excluding hydrogens is 358 g/mol. The molecule has 0 spiro atoms. The Balaban J connectivity index is 3.04. The second-order valence-electron chi connectivity index (χ2n) is 5.86. The molecule has 0 heterocycles. The molecule has 8 heteroatoms. The molecule has 7 nitrogen and oxygen atoms in total. The molecule has 1 unspecified atom stereocenters. The van der Waals surface area contributed by atoms with E-state index in [0.29, 0.717) is 0 Å². The smallest absolute Gasteiger partial charge is 0.309 e. The van der Waals surface area contributed by atoms with E-state index in [4.69, 9.17) is 9.84 Å². The Bertz CT molecular complexity index is 739. The number of carbonyl (C=O) groups excluding carboxylic acids is 1. The van der Waals surface area contributed by atoms with E-state index in [1.165, 1.54) is 24.3 Å². The maximum absolute atomic E-state index is 12.9. The molecule has 1 aromatic rings. The van der Waals surface area contributed by atoms with Crippen molar-refractivity contribution < 1.29 is 27.9 Å². The average molecular weight is 383 g/mol. The number of carboxylic acid groups (broad SMARTS) is 1. The van der Waals surface area contributed by atoms with Gasteiger partial charge in [0.25, 0.3) is 0 Å². The molecule has 1 rings (SSSR count). The summed E-state index contributed by atoms with van der Waals surface area (Å²) in [6.45, 7) is 5.24. The van der Waals surface area contributed by atoms with Gasteiger partial charge < -0.3 is 9.84 Å². The van der Waals surface area contributed by atoms with Gasteiger partial charge in [-0.15, -0.1) is 0 Å². The SMILES string of the molecule is CCOC(=O)C(C)CN(C/C=C/CC(=O)O)S(=O)(=O)c1ccc(C)cc1. The Labute approximate surface area is 154 Å². The molecule has 1 atom stereocenters. The number of nitrogens with zero attached hydrogens (tertiary/aromatic N) is 1. The largest absolute Gasteiger partial charge is 0.481 e. The summed E-state index contributed by atoms with van der Waals surface area (Å²) in [5, 5.41) is 8.68. The van der Waals surface area contributed by atoms with Crippen molar-refractivity contribution in [2.75, 3.05) is 19.7 Å². The number of carboxylic acids is 1. The van der Waals surface area contributed by atoms with Crippen molar-refractivity contribution in [1.29, 1.82) is 0 Å². The molecular formula is C18H25NO6S. The van der Waals surface area contributed by atoms with Crippen molar-refractivity contribution in [3.05, 3.63) is 42.0 Å². The van der Waals surface area contributed by atoms with Crippen LogP contribution in [-0.2, 0) is 24.3 Å². The number of hydrogen-bond acceptors (Lipinski definition) is 5. The first-order chi connectivity index (χ1) is 12.2. The summed E-state index contributed by atoms with van der Waals surface area (Å²) in [5.41, 5.74) is 0.928. The summed E-state index contributed by atoms with van der Waals surface area (Å²) >= 11 is 0. The number of ether oxygens (including phenoxy) is 1. The standard InChI is InChI=1S/C18H25NO6S/c1-4-25-18(22)15(3)13-19(12-6-5-7-17(20)21)26(23,24)16-10-8-14(2)9-11-16/h5-6,8-11,15H,4,7,12-13H2,1-3H3,(H,20,21)/b6-5+. The molecule has 0 bridgehead atoms. The highest BCUT2D eigenvalue weighted by Crippen LogP contribution is 2.18. The van der Waals surface area contributed by atoms with E-state index in [9.17, 15) is 18.0 Å². The third kappa shape index (κ3) is 6.61. The van der Waals surface area contributed by atoms with Crippen LogP contribution >= 0.6 is 0 Å². The van der Waals surface area contributed by atoms with E-state index in [0.717, 1.165) is 9.87 Å². The summed E-state index contributed by atoms with van der Waals surface area (Å²) in [6.07, 6.45) is 2.65. The predicted octanol–water partition coefficient (Wildman–Crippen LogP) is 2.22. The summed E-state index contributed by atoms with van der Waals surface area (Å²) in [7, 11) is -3.84. The molecule has 0 aromatic heterocycles. The maximum Gasteiger partial charge on any atom is 0.309 e. The fourth-order valence-electron chi connectivity index (χ4n) is 2.17. The highest BCUT2D eigenvalue weighted by molar-refractivity contribution is 7.89. The lowest BCUT2D eigenvalue weighted by Crippen LogP contribution is -2.37. The summed E-state index contributed by atoms with van der Waals surface area (Å²) < 4.78 is 31.9. The van der Waals surface area contributed by atoms with Crippen molar-refractivity contribution >= 4 is 22.0 Å². The number of carbonyl (C=O) groups is 2. The number of aliphatic carboxylic acids is 1. The van der Waals surface area contributed by atoms with Gasteiger partial charge in [0, 0.05) is 13.1 Å². The lowest BCUT2D eigenvalue weighted by Gasteiger charge is -2.23. The van der Waals surface area contributed by atoms with Gasteiger partial charge in [-0.05, 0) is 26.0 Å². The molecule has 0 fully saturated rings. The molecule has 26 heavy (non-hydrogen) atoms. The Morgan fingerprint density at radius 3 is 2.38 bits per heavy atom. The van der Waals surface area contributed by atoms with Crippen LogP contribution in [0.15, 0.2) is 41.3 Å². The molecule has 1 N–H and O–H groups in total. The van der Waals surface area contributed by atoms with Crippen LogP contribution in [0.1, 0.15) is 25.8 Å². The number of esters is 1. The van der Waals surface area contributed by atoms with Crippen LogP contribution in [0.25, 0.3) is 0 Å². The fraction of sp³-hybridized carbons (Fsp3) is 0.444. The maximum atomic E-state index is 12.9. The van der Waals surface area contributed by atoms with Crippen molar-refractivity contribution in [3.8, 4) is 0 Å². The zero-order valence-corrected chi connectivity index (χ0v) is 16.0. The Kier molecular flexibility index (Phi) is 8.47. The summed E-state index contributed by atoms with van der Waals surface area (Å²) in [6, 6.07) is 6.40. The van der Waals surface area contributed by atoms with Gasteiger partial charge in [0.15, 0.2) is 0 Å². The highest BCUT2D eigenvalue weighted by atomic mass is 32.2. The molecule has 0 saturated heterocycles. The van der Waals surface area contributed by atoms with E-state index in [1.54, 1.807) is 26.0 Å². The first kappa shape index (κ1) is 21.9. The zero-order valence-electron chi connectivity index (χ0n) is 15.2. The van der Waals surface area contributed by atoms with Gasteiger partial charge >= 0.3 is 11.9 Å². The molecule has 0 saturated carbocycles. The van der Waals surface area contributed by atoms with Crippen LogP contribution in [0.3, 0.4) is 0 Å². The number of aryl methyl sites for hydroxylation is 1. The van der Waals surface area contributed by atoms with Gasteiger partial charge in [-0.1, -0.05) is 36.8 Å². The highest BCUT2D eigenvalue weighted by Gasteiger charge is 2.27. The van der Waals surface area contributed by atoms with E-state index in [-0.39, 0.29) is 31.0 Å². The topological polar surface area (TPSA) is 101 Å². The zero-order chi connectivity index (χ0) is 19.7. The van der Waals surface area contributed by atoms with Gasteiger partial charge in [0.2, 0.25) is 10.0 Å². The van der Waals surface area contributed by atoms with Gasteiger partial charge in [-0.25, -0.2) is 8.42 Å². The van der Waals surface area contributed by atoms with E-state index < -0.39 is 27.9 Å². The second kappa shape index (κ2) is 10.1. The molecule has 0 aliphatic rings. The lowest BCUT2D eigenvalue weighted by atomic mass is 10.2. The normalized spacial score (nSPS) is 13.1.